The molecule has 1 aromatic heterocycles. The number of benzene rings is 2. The number of nitrogens with zero attached hydrogens (tertiary/aromatic N) is 4. The molecule has 0 radical (unpaired) electrons. The Morgan fingerprint density at radius 2 is 1.70 bits per heavy atom. The van der Waals surface area contributed by atoms with Crippen molar-refractivity contribution in [1.82, 2.24) is 19.8 Å². The maximum Gasteiger partial charge on any atom is 0.411 e. The average Bonchev–Trinajstić information content (AvgIpc) is 3.54. The summed E-state index contributed by atoms with van der Waals surface area (Å²) in [5.41, 5.74) is 2.41. The first kappa shape index (κ1) is 36.4. The lowest BCUT2D eigenvalue weighted by atomic mass is 10.1. The van der Waals surface area contributed by atoms with Crippen molar-refractivity contribution in [3.8, 4) is 34.3 Å². The summed E-state index contributed by atoms with van der Waals surface area (Å²) < 4.78 is 29.5. The number of aromatic amines is 1. The van der Waals surface area contributed by atoms with Gasteiger partial charge in [-0.3, -0.25) is 9.89 Å². The van der Waals surface area contributed by atoms with Gasteiger partial charge < -0.3 is 33.6 Å². The van der Waals surface area contributed by atoms with E-state index in [1.54, 1.807) is 16.0 Å². The van der Waals surface area contributed by atoms with Gasteiger partial charge in [-0.05, 0) is 98.2 Å². The zero-order valence-corrected chi connectivity index (χ0v) is 30.6. The third kappa shape index (κ3) is 8.65. The predicted molar refractivity (Wildman–Crippen MR) is 192 cm³/mol. The van der Waals surface area contributed by atoms with Crippen LogP contribution in [0.4, 0.5) is 9.59 Å². The Morgan fingerprint density at radius 3 is 2.36 bits per heavy atom. The topological polar surface area (TPSA) is 128 Å². The normalized spacial score (nSPS) is 16.7. The van der Waals surface area contributed by atoms with Crippen LogP contribution in [-0.4, -0.2) is 81.2 Å². The third-order valence-corrected chi connectivity index (χ3v) is 8.12. The molecule has 0 bridgehead atoms. The maximum absolute atomic E-state index is 12.9. The lowest BCUT2D eigenvalue weighted by molar-refractivity contribution is -0.0349. The van der Waals surface area contributed by atoms with Crippen molar-refractivity contribution in [2.75, 3.05) is 26.3 Å². The van der Waals surface area contributed by atoms with Crippen LogP contribution in [0.25, 0.3) is 17.0 Å². The van der Waals surface area contributed by atoms with Crippen LogP contribution < -0.4 is 9.47 Å². The second kappa shape index (κ2) is 14.6. The number of hydrogen-bond acceptors (Lipinski definition) is 9. The van der Waals surface area contributed by atoms with Gasteiger partial charge in [0.1, 0.15) is 23.1 Å². The molecule has 1 fully saturated rings. The summed E-state index contributed by atoms with van der Waals surface area (Å²) in [6, 6.07) is 10.5. The van der Waals surface area contributed by atoms with Crippen LogP contribution in [0.15, 0.2) is 54.2 Å². The maximum atomic E-state index is 12.9. The van der Waals surface area contributed by atoms with Gasteiger partial charge in [-0.1, -0.05) is 13.5 Å². The summed E-state index contributed by atoms with van der Waals surface area (Å²) in [7, 11) is 0. The Labute approximate surface area is 294 Å². The lowest BCUT2D eigenvalue weighted by Crippen LogP contribution is -2.46. The monoisotopic (exact) mass is 687 g/mol. The number of imidazole rings is 1. The molecule has 1 saturated heterocycles. The van der Waals surface area contributed by atoms with Gasteiger partial charge in [-0.25, -0.2) is 14.6 Å². The summed E-state index contributed by atoms with van der Waals surface area (Å²) in [6.07, 6.45) is 1.75. The molecule has 5 rings (SSSR count). The minimum Gasteiger partial charge on any atom is -0.449 e. The Morgan fingerprint density at radius 1 is 1.04 bits per heavy atom. The number of ether oxygens (including phenoxy) is 5. The molecule has 268 valence electrons. The van der Waals surface area contributed by atoms with Crippen molar-refractivity contribution in [2.24, 2.45) is 4.99 Å². The molecular formula is C38H49N5O7. The van der Waals surface area contributed by atoms with Crippen molar-refractivity contribution >= 4 is 23.6 Å². The average molecular weight is 688 g/mol. The SMILES string of the molecule is C=C(N=C(C)C(C)N(CCC)C(=O)OC(C)(C)C)c1ccc2c(c1)Oc1ccc(-c3cnc(C4COCCN4C(=O)OC(C)(C)C)[nH]3)cc1O2. The Bertz CT molecular complexity index is 1770. The Hall–Kier alpha value is -4.84. The quantitative estimate of drug-likeness (QED) is 0.182. The molecule has 0 aliphatic carbocycles. The smallest absolute Gasteiger partial charge is 0.411 e. The molecule has 0 spiro atoms. The standard InChI is InChI=1S/C38H49N5O7/c1-11-16-42(35(44)49-37(5,6)7)25(4)23(2)40-24(3)26-12-14-30-32(19-26)47-31-15-13-27(20-33(31)48-30)28-21-39-34(41-28)29-22-46-18-17-43(29)36(45)50-38(8,9)10/h12-15,19-21,25,29H,3,11,16-18,22H2,1-2,4-10H3,(H,39,41). The van der Waals surface area contributed by atoms with Gasteiger partial charge in [-0.2, -0.15) is 0 Å². The number of carbonyl (C=O) groups is 2. The van der Waals surface area contributed by atoms with E-state index in [-0.39, 0.29) is 12.1 Å². The van der Waals surface area contributed by atoms with Crippen molar-refractivity contribution in [3.63, 3.8) is 0 Å². The Balaban J connectivity index is 1.29. The molecule has 3 heterocycles. The van der Waals surface area contributed by atoms with Crippen molar-refractivity contribution in [2.45, 2.75) is 92.0 Å². The molecular weight excluding hydrogens is 638 g/mol. The number of carbonyl (C=O) groups excluding carboxylic acids is 2. The summed E-state index contributed by atoms with van der Waals surface area (Å²) in [5.74, 6) is 2.80. The third-order valence-electron chi connectivity index (χ3n) is 8.12. The summed E-state index contributed by atoms with van der Waals surface area (Å²) >= 11 is 0. The molecule has 2 aliphatic rings. The first-order chi connectivity index (χ1) is 23.5. The molecule has 1 N–H and O–H groups in total. The first-order valence-corrected chi connectivity index (χ1v) is 17.0. The van der Waals surface area contributed by atoms with E-state index in [1.165, 1.54) is 0 Å². The molecule has 2 aliphatic heterocycles. The van der Waals surface area contributed by atoms with Crippen LogP contribution in [0.2, 0.25) is 0 Å². The van der Waals surface area contributed by atoms with Crippen molar-refractivity contribution in [3.05, 3.63) is 60.6 Å². The van der Waals surface area contributed by atoms with E-state index in [0.717, 1.165) is 29.0 Å². The number of rotatable bonds is 8. The molecule has 12 nitrogen and oxygen atoms in total. The Kier molecular flexibility index (Phi) is 10.6. The van der Waals surface area contributed by atoms with E-state index >= 15 is 0 Å². The number of amides is 2. The van der Waals surface area contributed by atoms with E-state index in [2.05, 4.69) is 16.5 Å². The number of hydrogen-bond donors (Lipinski definition) is 1. The van der Waals surface area contributed by atoms with E-state index in [4.69, 9.17) is 28.7 Å². The van der Waals surface area contributed by atoms with Gasteiger partial charge in [0.25, 0.3) is 0 Å². The van der Waals surface area contributed by atoms with E-state index in [1.807, 2.05) is 98.7 Å². The van der Waals surface area contributed by atoms with Gasteiger partial charge in [0, 0.05) is 29.9 Å². The highest BCUT2D eigenvalue weighted by molar-refractivity contribution is 5.93. The van der Waals surface area contributed by atoms with Crippen LogP contribution >= 0.6 is 0 Å². The summed E-state index contributed by atoms with van der Waals surface area (Å²) in [5, 5.41) is 0. The molecule has 2 amide bonds. The molecule has 0 saturated carbocycles. The highest BCUT2D eigenvalue weighted by Crippen LogP contribution is 2.47. The van der Waals surface area contributed by atoms with E-state index < -0.39 is 23.3 Å². The number of fused-ring (bicyclic) bond motifs is 2. The largest absolute Gasteiger partial charge is 0.449 e. The fourth-order valence-corrected chi connectivity index (χ4v) is 5.55. The lowest BCUT2D eigenvalue weighted by Gasteiger charge is -2.35. The molecule has 50 heavy (non-hydrogen) atoms. The highest BCUT2D eigenvalue weighted by atomic mass is 16.6. The number of nitrogens with one attached hydrogen (secondary N) is 1. The number of aromatic nitrogens is 2. The van der Waals surface area contributed by atoms with Crippen LogP contribution in [0.5, 0.6) is 23.0 Å². The summed E-state index contributed by atoms with van der Waals surface area (Å²) in [6.45, 7) is 22.8. The fourth-order valence-electron chi connectivity index (χ4n) is 5.55. The minimum atomic E-state index is -0.611. The first-order valence-electron chi connectivity index (χ1n) is 17.0. The second-order valence-corrected chi connectivity index (χ2v) is 14.5. The zero-order chi connectivity index (χ0) is 36.4. The van der Waals surface area contributed by atoms with Gasteiger partial charge in [0.05, 0.1) is 36.8 Å². The number of morpholine rings is 1. The van der Waals surface area contributed by atoms with E-state index in [9.17, 15) is 9.59 Å². The molecule has 2 unspecified atom stereocenters. The molecule has 3 aromatic rings. The summed E-state index contributed by atoms with van der Waals surface area (Å²) in [4.78, 5) is 41.9. The predicted octanol–water partition coefficient (Wildman–Crippen LogP) is 8.75. The second-order valence-electron chi connectivity index (χ2n) is 14.5. The van der Waals surface area contributed by atoms with Crippen LogP contribution in [0.1, 0.15) is 86.2 Å². The van der Waals surface area contributed by atoms with Crippen molar-refractivity contribution in [1.29, 1.82) is 0 Å². The zero-order valence-electron chi connectivity index (χ0n) is 30.6. The van der Waals surface area contributed by atoms with Gasteiger partial charge in [0.2, 0.25) is 0 Å². The minimum absolute atomic E-state index is 0.286. The van der Waals surface area contributed by atoms with Crippen LogP contribution in [-0.2, 0) is 14.2 Å². The van der Waals surface area contributed by atoms with Crippen LogP contribution in [0, 0.1) is 0 Å². The van der Waals surface area contributed by atoms with Gasteiger partial charge >= 0.3 is 12.2 Å². The van der Waals surface area contributed by atoms with Crippen LogP contribution in [0.3, 0.4) is 0 Å². The van der Waals surface area contributed by atoms with Gasteiger partial charge in [0.15, 0.2) is 23.0 Å². The molecule has 12 heteroatoms. The highest BCUT2D eigenvalue weighted by Gasteiger charge is 2.34. The molecule has 2 aromatic carbocycles. The number of aliphatic imine (C=N–C) groups is 1. The number of H-pyrrole nitrogens is 1. The van der Waals surface area contributed by atoms with Gasteiger partial charge in [-0.15, -0.1) is 0 Å². The van der Waals surface area contributed by atoms with E-state index in [0.29, 0.717) is 60.8 Å². The molecule has 2 atom stereocenters. The fraction of sp³-hybridized carbons (Fsp3) is 0.474. The van der Waals surface area contributed by atoms with Crippen molar-refractivity contribution < 1.29 is 33.3 Å².